The summed E-state index contributed by atoms with van der Waals surface area (Å²) in [5.74, 6) is 0.0139. The van der Waals surface area contributed by atoms with Gasteiger partial charge in [0.05, 0.1) is 17.5 Å². The van der Waals surface area contributed by atoms with E-state index in [2.05, 4.69) is 23.8 Å². The summed E-state index contributed by atoms with van der Waals surface area (Å²) < 4.78 is 8.35. The molecule has 1 aromatic heterocycles. The first kappa shape index (κ1) is 21.8. The highest BCUT2D eigenvalue weighted by molar-refractivity contribution is 6.09. The van der Waals surface area contributed by atoms with Crippen LogP contribution in [0.1, 0.15) is 37.4 Å². The van der Waals surface area contributed by atoms with Crippen LogP contribution in [-0.4, -0.2) is 57.7 Å². The van der Waals surface area contributed by atoms with Crippen molar-refractivity contribution in [2.24, 2.45) is 5.92 Å². The first-order valence-electron chi connectivity index (χ1n) is 11.5. The normalized spacial score (nSPS) is 26.2. The lowest BCUT2D eigenvalue weighted by Crippen LogP contribution is -2.44. The average Bonchev–Trinajstić information content (AvgIpc) is 3.44. The maximum atomic E-state index is 13.7. The summed E-state index contributed by atoms with van der Waals surface area (Å²) in [6, 6.07) is 5.79. The lowest BCUT2D eigenvalue weighted by atomic mass is 9.82. The van der Waals surface area contributed by atoms with Crippen LogP contribution in [0.5, 0.6) is 0 Å². The molecule has 0 saturated carbocycles. The summed E-state index contributed by atoms with van der Waals surface area (Å²) >= 11 is 0. The third-order valence-electron chi connectivity index (χ3n) is 7.00. The Bertz CT molecular complexity index is 1100. The highest BCUT2D eigenvalue weighted by Crippen LogP contribution is 2.54. The number of aliphatic hydroxyl groups is 1. The smallest absolute Gasteiger partial charge is 0.264 e. The molecule has 2 saturated heterocycles. The molecule has 2 fully saturated rings. The minimum atomic E-state index is -1.06. The van der Waals surface area contributed by atoms with Gasteiger partial charge in [-0.05, 0) is 31.0 Å². The van der Waals surface area contributed by atoms with Gasteiger partial charge in [0.25, 0.3) is 5.91 Å². The summed E-state index contributed by atoms with van der Waals surface area (Å²) in [5, 5.41) is 17.3. The molecule has 1 aromatic carbocycles. The van der Waals surface area contributed by atoms with Gasteiger partial charge in [0.1, 0.15) is 0 Å². The van der Waals surface area contributed by atoms with Gasteiger partial charge in [-0.15, -0.1) is 11.7 Å². The van der Waals surface area contributed by atoms with Crippen molar-refractivity contribution in [2.75, 3.05) is 29.5 Å². The van der Waals surface area contributed by atoms with Crippen LogP contribution < -0.4 is 9.80 Å². The number of aliphatic hydroxyl groups excluding tert-OH is 1. The Morgan fingerprint density at radius 1 is 1.36 bits per heavy atom. The van der Waals surface area contributed by atoms with E-state index in [-0.39, 0.29) is 30.4 Å². The molecule has 174 valence electrons. The Hall–Kier alpha value is -3.04. The molecule has 0 bridgehead atoms. The van der Waals surface area contributed by atoms with Crippen LogP contribution in [0.2, 0.25) is 0 Å². The SMILES string of the molecule is C=CCN1C(=O)[C@]2(O[C@H](CCn3cc(CCO)nn3)C[C@@H]2C)c2cc(N3CCC3=O)ccc21. The van der Waals surface area contributed by atoms with Gasteiger partial charge in [0, 0.05) is 62.4 Å². The van der Waals surface area contributed by atoms with Crippen molar-refractivity contribution in [1.82, 2.24) is 15.0 Å². The Morgan fingerprint density at radius 3 is 2.91 bits per heavy atom. The number of anilines is 2. The maximum Gasteiger partial charge on any atom is 0.264 e. The Labute approximate surface area is 192 Å². The first-order chi connectivity index (χ1) is 16.0. The number of aryl methyl sites for hydroxylation is 1. The standard InChI is InChI=1S/C24H29N5O4/c1-3-9-29-21-5-4-18(28-11-7-22(28)31)14-20(21)24(23(29)32)16(2)13-19(33-24)6-10-27-15-17(8-12-30)25-26-27/h3-5,14-16,19,30H,1,6-13H2,2H3/t16-,19+,24+/m0/s1. The minimum Gasteiger partial charge on any atom is -0.396 e. The van der Waals surface area contributed by atoms with Crippen LogP contribution >= 0.6 is 0 Å². The molecule has 2 aromatic rings. The fourth-order valence-corrected chi connectivity index (χ4v) is 5.26. The molecular weight excluding hydrogens is 422 g/mol. The molecule has 1 N–H and O–H groups in total. The molecule has 1 spiro atoms. The van der Waals surface area contributed by atoms with E-state index in [0.717, 1.165) is 29.1 Å². The number of β-lactam (4-membered cyclic amide) rings is 1. The van der Waals surface area contributed by atoms with Gasteiger partial charge in [-0.25, -0.2) is 0 Å². The quantitative estimate of drug-likeness (QED) is 0.485. The molecular formula is C24H29N5O4. The predicted molar refractivity (Wildman–Crippen MR) is 122 cm³/mol. The lowest BCUT2D eigenvalue weighted by Gasteiger charge is -2.32. The van der Waals surface area contributed by atoms with Gasteiger partial charge in [0.15, 0.2) is 5.60 Å². The van der Waals surface area contributed by atoms with Crippen LogP contribution in [0.25, 0.3) is 0 Å². The van der Waals surface area contributed by atoms with E-state index in [1.54, 1.807) is 20.6 Å². The van der Waals surface area contributed by atoms with Crippen LogP contribution in [0, 0.1) is 5.92 Å². The molecule has 3 aliphatic rings. The van der Waals surface area contributed by atoms with Crippen molar-refractivity contribution in [2.45, 2.75) is 50.9 Å². The van der Waals surface area contributed by atoms with Gasteiger partial charge in [-0.2, -0.15) is 0 Å². The molecule has 0 radical (unpaired) electrons. The van der Waals surface area contributed by atoms with Gasteiger partial charge in [-0.1, -0.05) is 18.2 Å². The fourth-order valence-electron chi connectivity index (χ4n) is 5.26. The van der Waals surface area contributed by atoms with E-state index in [0.29, 0.717) is 38.9 Å². The number of aromatic nitrogens is 3. The third-order valence-corrected chi connectivity index (χ3v) is 7.00. The molecule has 3 aliphatic heterocycles. The Balaban J connectivity index is 1.41. The zero-order chi connectivity index (χ0) is 23.2. The summed E-state index contributed by atoms with van der Waals surface area (Å²) in [5.41, 5.74) is 2.18. The monoisotopic (exact) mass is 451 g/mol. The van der Waals surface area contributed by atoms with Crippen LogP contribution in [-0.2, 0) is 32.9 Å². The van der Waals surface area contributed by atoms with Gasteiger partial charge >= 0.3 is 0 Å². The number of hydrogen-bond donors (Lipinski definition) is 1. The van der Waals surface area contributed by atoms with Crippen molar-refractivity contribution < 1.29 is 19.4 Å². The minimum absolute atomic E-state index is 0.0217. The molecule has 33 heavy (non-hydrogen) atoms. The molecule has 9 nitrogen and oxygen atoms in total. The van der Waals surface area contributed by atoms with E-state index in [1.165, 1.54) is 0 Å². The largest absolute Gasteiger partial charge is 0.396 e. The van der Waals surface area contributed by atoms with Gasteiger partial charge in [-0.3, -0.25) is 14.3 Å². The van der Waals surface area contributed by atoms with Gasteiger partial charge < -0.3 is 19.6 Å². The average molecular weight is 452 g/mol. The van der Waals surface area contributed by atoms with Gasteiger partial charge in [0.2, 0.25) is 5.91 Å². The number of rotatable bonds is 8. The van der Waals surface area contributed by atoms with E-state index >= 15 is 0 Å². The Kier molecular flexibility index (Phi) is 5.54. The van der Waals surface area contributed by atoms with Crippen molar-refractivity contribution in [1.29, 1.82) is 0 Å². The summed E-state index contributed by atoms with van der Waals surface area (Å²) in [6.07, 6.45) is 5.93. The van der Waals surface area contributed by atoms with E-state index in [4.69, 9.17) is 9.84 Å². The molecule has 4 heterocycles. The highest BCUT2D eigenvalue weighted by atomic mass is 16.5. The van der Waals surface area contributed by atoms with Crippen molar-refractivity contribution >= 4 is 23.2 Å². The molecule has 9 heteroatoms. The highest BCUT2D eigenvalue weighted by Gasteiger charge is 2.60. The number of fused-ring (bicyclic) bond motifs is 2. The predicted octanol–water partition coefficient (Wildman–Crippen LogP) is 1.79. The molecule has 2 amide bonds. The van der Waals surface area contributed by atoms with Crippen molar-refractivity contribution in [3.63, 3.8) is 0 Å². The maximum absolute atomic E-state index is 13.7. The molecule has 5 rings (SSSR count). The topological polar surface area (TPSA) is 101 Å². The third kappa shape index (κ3) is 3.46. The van der Waals surface area contributed by atoms with Crippen LogP contribution in [0.15, 0.2) is 37.1 Å². The number of ether oxygens (including phenoxy) is 1. The summed E-state index contributed by atoms with van der Waals surface area (Å²) in [4.78, 5) is 29.3. The summed E-state index contributed by atoms with van der Waals surface area (Å²) in [6.45, 7) is 7.64. The number of carbonyl (C=O) groups is 2. The molecule has 0 unspecified atom stereocenters. The number of carbonyl (C=O) groups excluding carboxylic acids is 2. The Morgan fingerprint density at radius 2 is 2.21 bits per heavy atom. The van der Waals surface area contributed by atoms with E-state index in [1.807, 2.05) is 24.4 Å². The zero-order valence-electron chi connectivity index (χ0n) is 18.8. The van der Waals surface area contributed by atoms with E-state index < -0.39 is 5.60 Å². The number of amides is 2. The van der Waals surface area contributed by atoms with Crippen molar-refractivity contribution in [3.8, 4) is 0 Å². The second-order valence-electron chi connectivity index (χ2n) is 9.05. The number of hydrogen-bond acceptors (Lipinski definition) is 6. The first-order valence-corrected chi connectivity index (χ1v) is 11.5. The van der Waals surface area contributed by atoms with Crippen molar-refractivity contribution in [3.05, 3.63) is 48.3 Å². The lowest BCUT2D eigenvalue weighted by molar-refractivity contribution is -0.145. The molecule has 3 atom stereocenters. The van der Waals surface area contributed by atoms with Crippen LogP contribution in [0.4, 0.5) is 11.4 Å². The summed E-state index contributed by atoms with van der Waals surface area (Å²) in [7, 11) is 0. The zero-order valence-corrected chi connectivity index (χ0v) is 18.8. The fraction of sp³-hybridized carbons (Fsp3) is 0.500. The molecule has 0 aliphatic carbocycles. The second-order valence-corrected chi connectivity index (χ2v) is 9.05. The van der Waals surface area contributed by atoms with Crippen LogP contribution in [0.3, 0.4) is 0 Å². The van der Waals surface area contributed by atoms with E-state index in [9.17, 15) is 9.59 Å². The second kappa shape index (κ2) is 8.39. The number of nitrogens with zero attached hydrogens (tertiary/aromatic N) is 5. The number of benzene rings is 1.